The Labute approximate surface area is 170 Å². The summed E-state index contributed by atoms with van der Waals surface area (Å²) in [5.74, 6) is -0.676. The number of hydrogen-bond donors (Lipinski definition) is 1. The fraction of sp³-hybridized carbons (Fsp3) is 0.545. The van der Waals surface area contributed by atoms with E-state index in [-0.39, 0.29) is 23.9 Å². The maximum Gasteiger partial charge on any atom is 0.306 e. The molecule has 1 N–H and O–H groups in total. The van der Waals surface area contributed by atoms with Gasteiger partial charge in [0.1, 0.15) is 0 Å². The van der Waals surface area contributed by atoms with Crippen molar-refractivity contribution in [1.82, 2.24) is 14.9 Å². The molecule has 1 atom stereocenters. The molecule has 0 radical (unpaired) electrons. The fourth-order valence-corrected chi connectivity index (χ4v) is 3.77. The second-order valence-electron chi connectivity index (χ2n) is 7.79. The van der Waals surface area contributed by atoms with Crippen LogP contribution in [0.3, 0.4) is 0 Å². The molecular formula is C22H29N3O4. The van der Waals surface area contributed by atoms with E-state index in [9.17, 15) is 14.4 Å². The molecule has 1 heterocycles. The maximum absolute atomic E-state index is 12.6. The first-order valence-corrected chi connectivity index (χ1v) is 10.4. The second kappa shape index (κ2) is 9.67. The van der Waals surface area contributed by atoms with Gasteiger partial charge in [0.25, 0.3) is 11.5 Å². The molecule has 1 aromatic carbocycles. The molecule has 2 aromatic rings. The van der Waals surface area contributed by atoms with Crippen molar-refractivity contribution < 1.29 is 14.3 Å². The van der Waals surface area contributed by atoms with Crippen LogP contribution < -0.4 is 10.9 Å². The number of para-hydroxylation sites is 1. The van der Waals surface area contributed by atoms with Gasteiger partial charge in [-0.2, -0.15) is 0 Å². The van der Waals surface area contributed by atoms with Gasteiger partial charge in [-0.3, -0.25) is 19.0 Å². The number of nitrogens with zero attached hydrogens (tertiary/aromatic N) is 2. The molecule has 0 bridgehead atoms. The smallest absolute Gasteiger partial charge is 0.306 e. The lowest BCUT2D eigenvalue weighted by molar-refractivity contribution is -0.155. The Bertz CT molecular complexity index is 931. The summed E-state index contributed by atoms with van der Waals surface area (Å²) < 4.78 is 6.76. The lowest BCUT2D eigenvalue weighted by atomic mass is 9.95. The van der Waals surface area contributed by atoms with Crippen LogP contribution in [0.5, 0.6) is 0 Å². The maximum atomic E-state index is 12.6. The summed E-state index contributed by atoms with van der Waals surface area (Å²) in [5, 5.41) is 3.54. The van der Waals surface area contributed by atoms with E-state index in [4.69, 9.17) is 4.74 Å². The van der Waals surface area contributed by atoms with Crippen LogP contribution in [0, 0.1) is 6.92 Å². The molecule has 0 spiro atoms. The first-order chi connectivity index (χ1) is 14.0. The van der Waals surface area contributed by atoms with Gasteiger partial charge in [0.2, 0.25) is 0 Å². The zero-order chi connectivity index (χ0) is 20.8. The lowest BCUT2D eigenvalue weighted by Crippen LogP contribution is -2.42. The predicted octanol–water partition coefficient (Wildman–Crippen LogP) is 2.87. The van der Waals surface area contributed by atoms with Crippen molar-refractivity contribution in [3.63, 3.8) is 0 Å². The first kappa shape index (κ1) is 21.0. The van der Waals surface area contributed by atoms with Crippen molar-refractivity contribution >= 4 is 22.8 Å². The van der Waals surface area contributed by atoms with Crippen molar-refractivity contribution in [2.24, 2.45) is 0 Å². The van der Waals surface area contributed by atoms with E-state index in [1.54, 1.807) is 13.0 Å². The molecule has 7 heteroatoms. The average molecular weight is 399 g/mol. The standard InChI is InChI=1S/C22H29N3O4/c1-15-8-6-11-18-20(15)23-14-25(22(18)28)13-7-12-19(26)29-16(2)21(27)24-17-9-4-3-5-10-17/h6,8,11,14,16-17H,3-5,7,9-10,12-13H2,1-2H3,(H,24,27)/t16-/m0/s1. The van der Waals surface area contributed by atoms with Gasteiger partial charge in [0, 0.05) is 19.0 Å². The van der Waals surface area contributed by atoms with E-state index in [0.717, 1.165) is 31.2 Å². The number of esters is 1. The van der Waals surface area contributed by atoms with Crippen LogP contribution in [-0.2, 0) is 20.9 Å². The molecule has 156 valence electrons. The van der Waals surface area contributed by atoms with Crippen LogP contribution in [0.1, 0.15) is 57.4 Å². The van der Waals surface area contributed by atoms with Crippen molar-refractivity contribution in [2.75, 3.05) is 0 Å². The highest BCUT2D eigenvalue weighted by atomic mass is 16.5. The van der Waals surface area contributed by atoms with E-state index in [2.05, 4.69) is 10.3 Å². The van der Waals surface area contributed by atoms with Gasteiger partial charge < -0.3 is 10.1 Å². The van der Waals surface area contributed by atoms with Crippen molar-refractivity contribution in [3.05, 3.63) is 40.4 Å². The fourth-order valence-electron chi connectivity index (χ4n) is 3.77. The van der Waals surface area contributed by atoms with Gasteiger partial charge in [-0.15, -0.1) is 0 Å². The van der Waals surface area contributed by atoms with Gasteiger partial charge in [-0.25, -0.2) is 4.98 Å². The van der Waals surface area contributed by atoms with Crippen molar-refractivity contribution in [1.29, 1.82) is 0 Å². The van der Waals surface area contributed by atoms with Gasteiger partial charge in [-0.05, 0) is 44.7 Å². The van der Waals surface area contributed by atoms with Gasteiger partial charge in [-0.1, -0.05) is 31.4 Å². The number of hydrogen-bond acceptors (Lipinski definition) is 5. The van der Waals surface area contributed by atoms with E-state index in [1.807, 2.05) is 19.1 Å². The normalized spacial score (nSPS) is 15.8. The summed E-state index contributed by atoms with van der Waals surface area (Å²) in [4.78, 5) is 41.2. The van der Waals surface area contributed by atoms with Crippen molar-refractivity contribution in [2.45, 2.75) is 77.5 Å². The van der Waals surface area contributed by atoms with Gasteiger partial charge in [0.15, 0.2) is 6.10 Å². The van der Waals surface area contributed by atoms with Gasteiger partial charge >= 0.3 is 5.97 Å². The second-order valence-corrected chi connectivity index (χ2v) is 7.79. The third kappa shape index (κ3) is 5.43. The molecule has 7 nitrogen and oxygen atoms in total. The molecule has 29 heavy (non-hydrogen) atoms. The highest BCUT2D eigenvalue weighted by Gasteiger charge is 2.22. The molecule has 0 aliphatic heterocycles. The SMILES string of the molecule is Cc1cccc2c(=O)n(CCCC(=O)O[C@@H](C)C(=O)NC3CCCCC3)cnc12. The number of aromatic nitrogens is 2. The Hall–Kier alpha value is -2.70. The third-order valence-electron chi connectivity index (χ3n) is 5.46. The summed E-state index contributed by atoms with van der Waals surface area (Å²) in [7, 11) is 0. The van der Waals surface area contributed by atoms with Crippen LogP contribution in [-0.4, -0.2) is 33.6 Å². The van der Waals surface area contributed by atoms with E-state index < -0.39 is 12.1 Å². The monoisotopic (exact) mass is 399 g/mol. The molecule has 0 unspecified atom stereocenters. The minimum absolute atomic E-state index is 0.118. The number of carbonyl (C=O) groups excluding carboxylic acids is 2. The number of fused-ring (bicyclic) bond motifs is 1. The number of aryl methyl sites for hydroxylation is 2. The van der Waals surface area contributed by atoms with Gasteiger partial charge in [0.05, 0.1) is 17.2 Å². The Morgan fingerprint density at radius 1 is 1.28 bits per heavy atom. The van der Waals surface area contributed by atoms with Crippen LogP contribution in [0.25, 0.3) is 10.9 Å². The summed E-state index contributed by atoms with van der Waals surface area (Å²) in [5.41, 5.74) is 1.54. The Morgan fingerprint density at radius 2 is 2.03 bits per heavy atom. The number of nitrogens with one attached hydrogen (secondary N) is 1. The van der Waals surface area contributed by atoms with E-state index in [1.165, 1.54) is 17.3 Å². The molecule has 1 amide bonds. The summed E-state index contributed by atoms with van der Waals surface area (Å²) >= 11 is 0. The highest BCUT2D eigenvalue weighted by Crippen LogP contribution is 2.17. The molecular weight excluding hydrogens is 370 g/mol. The molecule has 0 saturated heterocycles. The lowest BCUT2D eigenvalue weighted by Gasteiger charge is -2.24. The minimum Gasteiger partial charge on any atom is -0.453 e. The number of rotatable bonds is 7. The summed E-state index contributed by atoms with van der Waals surface area (Å²) in [6, 6.07) is 5.70. The van der Waals surface area contributed by atoms with Crippen LogP contribution >= 0.6 is 0 Å². The Balaban J connectivity index is 1.47. The molecule has 3 rings (SSSR count). The zero-order valence-electron chi connectivity index (χ0n) is 17.1. The third-order valence-corrected chi connectivity index (χ3v) is 5.46. The zero-order valence-corrected chi connectivity index (χ0v) is 17.1. The molecule has 1 aliphatic carbocycles. The van der Waals surface area contributed by atoms with E-state index >= 15 is 0 Å². The number of amides is 1. The molecule has 1 aromatic heterocycles. The predicted molar refractivity (Wildman–Crippen MR) is 111 cm³/mol. The topological polar surface area (TPSA) is 90.3 Å². The molecule has 1 saturated carbocycles. The minimum atomic E-state index is -0.808. The molecule has 1 aliphatic rings. The Morgan fingerprint density at radius 3 is 2.79 bits per heavy atom. The van der Waals surface area contributed by atoms with Crippen LogP contribution in [0.2, 0.25) is 0 Å². The first-order valence-electron chi connectivity index (χ1n) is 10.4. The largest absolute Gasteiger partial charge is 0.453 e. The van der Waals surface area contributed by atoms with Crippen LogP contribution in [0.15, 0.2) is 29.3 Å². The number of benzene rings is 1. The van der Waals surface area contributed by atoms with Crippen LogP contribution in [0.4, 0.5) is 0 Å². The van der Waals surface area contributed by atoms with E-state index in [0.29, 0.717) is 23.9 Å². The summed E-state index contributed by atoms with van der Waals surface area (Å²) in [6.45, 7) is 3.88. The average Bonchev–Trinajstić information content (AvgIpc) is 2.71. The Kier molecular flexibility index (Phi) is 7.01. The number of ether oxygens (including phenoxy) is 1. The quantitative estimate of drug-likeness (QED) is 0.723. The highest BCUT2D eigenvalue weighted by molar-refractivity contribution is 5.83. The van der Waals surface area contributed by atoms with Crippen molar-refractivity contribution in [3.8, 4) is 0 Å². The number of carbonyl (C=O) groups is 2. The summed E-state index contributed by atoms with van der Waals surface area (Å²) in [6.07, 6.45) is 6.73. The molecule has 1 fully saturated rings.